The van der Waals surface area contributed by atoms with Gasteiger partial charge in [-0.1, -0.05) is 12.1 Å². The monoisotopic (exact) mass is 305 g/mol. The van der Waals surface area contributed by atoms with Crippen molar-refractivity contribution < 1.29 is 4.39 Å². The van der Waals surface area contributed by atoms with Crippen LogP contribution >= 0.6 is 22.6 Å². The number of alkyl halides is 1. The molecule has 1 N–H and O–H groups in total. The Morgan fingerprint density at radius 1 is 1.36 bits per heavy atom. The third kappa shape index (κ3) is 2.45. The van der Waals surface area contributed by atoms with Crippen molar-refractivity contribution in [3.8, 4) is 0 Å². The van der Waals surface area contributed by atoms with Gasteiger partial charge in [-0.25, -0.2) is 4.39 Å². The quantitative estimate of drug-likeness (QED) is 0.828. The average Bonchev–Trinajstić information content (AvgIpc) is 2.57. The second-order valence-electron chi connectivity index (χ2n) is 3.88. The molecule has 0 saturated carbocycles. The standard InChI is InChI=1S/C11H13FIN/c12-11(5-6-14-8-11)7-9-1-3-10(13)4-2-9/h1-4,14H,5-8H2. The molecule has 0 radical (unpaired) electrons. The third-order valence-corrected chi connectivity index (χ3v) is 3.34. The molecule has 1 unspecified atom stereocenters. The zero-order chi connectivity index (χ0) is 10.0. The van der Waals surface area contributed by atoms with Crippen LogP contribution in [0, 0.1) is 3.57 Å². The molecule has 1 fully saturated rings. The van der Waals surface area contributed by atoms with Crippen LogP contribution in [0.1, 0.15) is 12.0 Å². The van der Waals surface area contributed by atoms with E-state index in [4.69, 9.17) is 0 Å². The Morgan fingerprint density at radius 3 is 2.64 bits per heavy atom. The minimum atomic E-state index is -1.02. The first-order valence-corrected chi connectivity index (χ1v) is 5.90. The van der Waals surface area contributed by atoms with Crippen LogP contribution in [0.15, 0.2) is 24.3 Å². The number of rotatable bonds is 2. The molecule has 3 heteroatoms. The normalized spacial score (nSPS) is 26.7. The molecule has 1 aromatic carbocycles. The minimum Gasteiger partial charge on any atom is -0.313 e. The van der Waals surface area contributed by atoms with Gasteiger partial charge in [0.05, 0.1) is 0 Å². The molecule has 14 heavy (non-hydrogen) atoms. The highest BCUT2D eigenvalue weighted by Crippen LogP contribution is 2.25. The number of hydrogen-bond acceptors (Lipinski definition) is 1. The van der Waals surface area contributed by atoms with Crippen LogP contribution in [0.25, 0.3) is 0 Å². The Bertz CT molecular complexity index is 304. The van der Waals surface area contributed by atoms with Crippen LogP contribution in [0.3, 0.4) is 0 Å². The van der Waals surface area contributed by atoms with E-state index in [0.717, 1.165) is 12.1 Å². The fourth-order valence-corrected chi connectivity index (χ4v) is 2.19. The largest absolute Gasteiger partial charge is 0.313 e. The van der Waals surface area contributed by atoms with Crippen LogP contribution < -0.4 is 5.32 Å². The average molecular weight is 305 g/mol. The maximum absolute atomic E-state index is 14.0. The molecular weight excluding hydrogens is 292 g/mol. The first-order valence-electron chi connectivity index (χ1n) is 4.82. The van der Waals surface area contributed by atoms with Gasteiger partial charge in [0.15, 0.2) is 0 Å². The third-order valence-electron chi connectivity index (χ3n) is 2.63. The number of halogens is 2. The molecule has 1 aliphatic rings. The van der Waals surface area contributed by atoms with Gasteiger partial charge in [0, 0.05) is 16.5 Å². The SMILES string of the molecule is FC1(Cc2ccc(I)cc2)CCNC1. The van der Waals surface area contributed by atoms with Crippen LogP contribution in [0.4, 0.5) is 4.39 Å². The summed E-state index contributed by atoms with van der Waals surface area (Å²) in [4.78, 5) is 0. The molecule has 1 atom stereocenters. The molecule has 2 rings (SSSR count). The number of nitrogens with one attached hydrogen (secondary N) is 1. The van der Waals surface area contributed by atoms with E-state index in [9.17, 15) is 4.39 Å². The van der Waals surface area contributed by atoms with Crippen molar-refractivity contribution in [1.82, 2.24) is 5.32 Å². The predicted octanol–water partition coefficient (Wildman–Crippen LogP) is 2.54. The molecule has 1 aromatic rings. The van der Waals surface area contributed by atoms with E-state index in [1.54, 1.807) is 0 Å². The van der Waals surface area contributed by atoms with E-state index in [-0.39, 0.29) is 0 Å². The molecule has 1 heterocycles. The minimum absolute atomic E-state index is 0.499. The molecule has 0 aliphatic carbocycles. The Kier molecular flexibility index (Phi) is 3.07. The summed E-state index contributed by atoms with van der Waals surface area (Å²) >= 11 is 2.26. The highest BCUT2D eigenvalue weighted by atomic mass is 127. The summed E-state index contributed by atoms with van der Waals surface area (Å²) in [6.45, 7) is 1.31. The highest BCUT2D eigenvalue weighted by molar-refractivity contribution is 14.1. The van der Waals surface area contributed by atoms with Gasteiger partial charge in [0.2, 0.25) is 0 Å². The van der Waals surface area contributed by atoms with Gasteiger partial charge in [-0.05, 0) is 53.3 Å². The summed E-state index contributed by atoms with van der Waals surface area (Å²) in [5.74, 6) is 0. The summed E-state index contributed by atoms with van der Waals surface area (Å²) in [6.07, 6.45) is 1.18. The fourth-order valence-electron chi connectivity index (χ4n) is 1.83. The van der Waals surface area contributed by atoms with Crippen molar-refractivity contribution >= 4 is 22.6 Å². The van der Waals surface area contributed by atoms with Crippen LogP contribution in [0.2, 0.25) is 0 Å². The molecule has 76 valence electrons. The molecule has 0 amide bonds. The lowest BCUT2D eigenvalue weighted by Crippen LogP contribution is -2.28. The molecular formula is C11H13FIN. The summed E-state index contributed by atoms with van der Waals surface area (Å²) in [5.41, 5.74) is 0.0730. The predicted molar refractivity (Wildman–Crippen MR) is 64.2 cm³/mol. The van der Waals surface area contributed by atoms with E-state index in [0.29, 0.717) is 19.4 Å². The van der Waals surface area contributed by atoms with Crippen molar-refractivity contribution in [2.24, 2.45) is 0 Å². The van der Waals surface area contributed by atoms with Crippen molar-refractivity contribution in [3.63, 3.8) is 0 Å². The van der Waals surface area contributed by atoms with Gasteiger partial charge < -0.3 is 5.32 Å². The van der Waals surface area contributed by atoms with Crippen molar-refractivity contribution in [3.05, 3.63) is 33.4 Å². The molecule has 1 aliphatic heterocycles. The van der Waals surface area contributed by atoms with Crippen LogP contribution in [-0.2, 0) is 6.42 Å². The first kappa shape index (κ1) is 10.4. The van der Waals surface area contributed by atoms with E-state index < -0.39 is 5.67 Å². The van der Waals surface area contributed by atoms with Crippen molar-refractivity contribution in [2.75, 3.05) is 13.1 Å². The summed E-state index contributed by atoms with van der Waals surface area (Å²) in [7, 11) is 0. The van der Waals surface area contributed by atoms with E-state index >= 15 is 0 Å². The topological polar surface area (TPSA) is 12.0 Å². The zero-order valence-corrected chi connectivity index (χ0v) is 10.1. The van der Waals surface area contributed by atoms with Crippen LogP contribution in [-0.4, -0.2) is 18.8 Å². The fraction of sp³-hybridized carbons (Fsp3) is 0.455. The molecule has 0 bridgehead atoms. The van der Waals surface area contributed by atoms with Crippen LogP contribution in [0.5, 0.6) is 0 Å². The molecule has 0 aromatic heterocycles. The van der Waals surface area contributed by atoms with E-state index in [1.807, 2.05) is 24.3 Å². The summed E-state index contributed by atoms with van der Waals surface area (Å²) < 4.78 is 15.2. The zero-order valence-electron chi connectivity index (χ0n) is 7.89. The van der Waals surface area contributed by atoms with Gasteiger partial charge in [0.1, 0.15) is 5.67 Å². The molecule has 1 saturated heterocycles. The Morgan fingerprint density at radius 2 is 2.07 bits per heavy atom. The van der Waals surface area contributed by atoms with Gasteiger partial charge in [0.25, 0.3) is 0 Å². The van der Waals surface area contributed by atoms with Crippen molar-refractivity contribution in [2.45, 2.75) is 18.5 Å². The highest BCUT2D eigenvalue weighted by Gasteiger charge is 2.33. The first-order chi connectivity index (χ1) is 6.68. The second kappa shape index (κ2) is 4.14. The molecule has 1 nitrogen and oxygen atoms in total. The lowest BCUT2D eigenvalue weighted by atomic mass is 9.96. The summed E-state index contributed by atoms with van der Waals surface area (Å²) in [5, 5.41) is 3.07. The second-order valence-corrected chi connectivity index (χ2v) is 5.13. The smallest absolute Gasteiger partial charge is 0.128 e. The lowest BCUT2D eigenvalue weighted by Gasteiger charge is -2.17. The van der Waals surface area contributed by atoms with Gasteiger partial charge >= 0.3 is 0 Å². The summed E-state index contributed by atoms with van der Waals surface area (Å²) in [6, 6.07) is 8.09. The Labute approximate surface area is 97.2 Å². The van der Waals surface area contributed by atoms with Gasteiger partial charge in [-0.2, -0.15) is 0 Å². The van der Waals surface area contributed by atoms with Gasteiger partial charge in [-0.3, -0.25) is 0 Å². The number of benzene rings is 1. The van der Waals surface area contributed by atoms with E-state index in [2.05, 4.69) is 27.9 Å². The lowest BCUT2D eigenvalue weighted by molar-refractivity contribution is 0.190. The van der Waals surface area contributed by atoms with Crippen molar-refractivity contribution in [1.29, 1.82) is 0 Å². The molecule has 0 spiro atoms. The van der Waals surface area contributed by atoms with E-state index in [1.165, 1.54) is 3.57 Å². The maximum Gasteiger partial charge on any atom is 0.128 e. The Balaban J connectivity index is 2.06. The van der Waals surface area contributed by atoms with Gasteiger partial charge in [-0.15, -0.1) is 0 Å². The number of hydrogen-bond donors (Lipinski definition) is 1. The Hall–Kier alpha value is -0.160. The maximum atomic E-state index is 14.0.